The number of nitrogens with zero attached hydrogens (tertiary/aromatic N) is 2. The minimum atomic E-state index is -3.92. The normalized spacial score (nSPS) is 15.8. The van der Waals surface area contributed by atoms with Crippen molar-refractivity contribution in [1.82, 2.24) is 9.21 Å². The summed E-state index contributed by atoms with van der Waals surface area (Å²) in [6.07, 6.45) is 0. The fourth-order valence-electron chi connectivity index (χ4n) is 3.02. The van der Waals surface area contributed by atoms with Gasteiger partial charge in [-0.15, -0.1) is 0 Å². The number of sulfonamides is 1. The molecule has 0 bridgehead atoms. The van der Waals surface area contributed by atoms with Crippen molar-refractivity contribution in [3.8, 4) is 5.75 Å². The van der Waals surface area contributed by atoms with Gasteiger partial charge in [0.05, 0.1) is 18.6 Å². The van der Waals surface area contributed by atoms with E-state index in [-0.39, 0.29) is 30.4 Å². The van der Waals surface area contributed by atoms with Crippen LogP contribution in [-0.2, 0) is 14.8 Å². The predicted molar refractivity (Wildman–Crippen MR) is 103 cm³/mol. The molecule has 0 atom stereocenters. The second-order valence-corrected chi connectivity index (χ2v) is 8.47. The highest BCUT2D eigenvalue weighted by atomic mass is 32.2. The molecule has 1 N–H and O–H groups in total. The van der Waals surface area contributed by atoms with Gasteiger partial charge in [0.1, 0.15) is 5.75 Å². The quantitative estimate of drug-likeness (QED) is 0.765. The van der Waals surface area contributed by atoms with Crippen molar-refractivity contribution in [2.24, 2.45) is 0 Å². The first-order valence-electron chi connectivity index (χ1n) is 8.91. The Morgan fingerprint density at radius 1 is 1.07 bits per heavy atom. The minimum absolute atomic E-state index is 0.107. The summed E-state index contributed by atoms with van der Waals surface area (Å²) in [4.78, 5) is 13.8. The standard InChI is InChI=1S/C19H21F2N3O4S/c1-28-15-4-2-3-14(11-15)22-19(25)13-23-7-9-24(10-8-23)29(26,27)16-5-6-17(20)18(21)12-16/h2-6,11-12H,7-10,13H2,1H3,(H,22,25). The molecule has 0 radical (unpaired) electrons. The Morgan fingerprint density at radius 2 is 1.79 bits per heavy atom. The number of halogens is 2. The number of ether oxygens (including phenoxy) is 1. The lowest BCUT2D eigenvalue weighted by Crippen LogP contribution is -2.50. The van der Waals surface area contributed by atoms with E-state index in [0.717, 1.165) is 12.1 Å². The maximum absolute atomic E-state index is 13.4. The third-order valence-electron chi connectivity index (χ3n) is 4.58. The van der Waals surface area contributed by atoms with Gasteiger partial charge in [-0.3, -0.25) is 9.69 Å². The van der Waals surface area contributed by atoms with Crippen LogP contribution in [0.3, 0.4) is 0 Å². The molecular formula is C19H21F2N3O4S. The Bertz CT molecular complexity index is 993. The summed E-state index contributed by atoms with van der Waals surface area (Å²) < 4.78 is 58.0. The van der Waals surface area contributed by atoms with Gasteiger partial charge in [-0.25, -0.2) is 17.2 Å². The van der Waals surface area contributed by atoms with Gasteiger partial charge in [0.2, 0.25) is 15.9 Å². The summed E-state index contributed by atoms with van der Waals surface area (Å²) in [6, 6.07) is 9.48. The van der Waals surface area contributed by atoms with Crippen molar-refractivity contribution in [2.45, 2.75) is 4.90 Å². The molecule has 29 heavy (non-hydrogen) atoms. The van der Waals surface area contributed by atoms with Gasteiger partial charge in [-0.05, 0) is 30.3 Å². The van der Waals surface area contributed by atoms with E-state index in [1.807, 2.05) is 4.90 Å². The van der Waals surface area contributed by atoms with Crippen molar-refractivity contribution in [1.29, 1.82) is 0 Å². The zero-order chi connectivity index (χ0) is 21.0. The average molecular weight is 425 g/mol. The van der Waals surface area contributed by atoms with Crippen LogP contribution in [0.25, 0.3) is 0 Å². The number of benzene rings is 2. The molecule has 1 heterocycles. The van der Waals surface area contributed by atoms with Gasteiger partial charge < -0.3 is 10.1 Å². The number of hydrogen-bond donors (Lipinski definition) is 1. The summed E-state index contributed by atoms with van der Waals surface area (Å²) in [6.45, 7) is 1.08. The molecule has 0 aromatic heterocycles. The second-order valence-electron chi connectivity index (χ2n) is 6.54. The number of piperazine rings is 1. The molecule has 0 unspecified atom stereocenters. The molecule has 1 saturated heterocycles. The first kappa shape index (κ1) is 21.2. The van der Waals surface area contributed by atoms with Gasteiger partial charge in [0.25, 0.3) is 0 Å². The molecular weight excluding hydrogens is 404 g/mol. The lowest BCUT2D eigenvalue weighted by molar-refractivity contribution is -0.117. The van der Waals surface area contributed by atoms with Crippen LogP contribution in [0, 0.1) is 11.6 Å². The summed E-state index contributed by atoms with van der Waals surface area (Å²) in [7, 11) is -2.39. The van der Waals surface area contributed by atoms with Crippen LogP contribution < -0.4 is 10.1 Å². The zero-order valence-electron chi connectivity index (χ0n) is 15.8. The van der Waals surface area contributed by atoms with Crippen LogP contribution in [0.15, 0.2) is 47.4 Å². The largest absolute Gasteiger partial charge is 0.497 e. The van der Waals surface area contributed by atoms with Crippen molar-refractivity contribution in [2.75, 3.05) is 45.2 Å². The molecule has 10 heteroatoms. The highest BCUT2D eigenvalue weighted by Crippen LogP contribution is 2.20. The smallest absolute Gasteiger partial charge is 0.243 e. The molecule has 156 valence electrons. The Hall–Kier alpha value is -2.56. The number of rotatable bonds is 6. The molecule has 0 saturated carbocycles. The highest BCUT2D eigenvalue weighted by Gasteiger charge is 2.29. The molecule has 0 aliphatic carbocycles. The van der Waals surface area contributed by atoms with E-state index in [4.69, 9.17) is 4.74 Å². The molecule has 1 aliphatic heterocycles. The average Bonchev–Trinajstić information content (AvgIpc) is 2.70. The topological polar surface area (TPSA) is 79.0 Å². The lowest BCUT2D eigenvalue weighted by Gasteiger charge is -2.33. The molecule has 7 nitrogen and oxygen atoms in total. The number of amides is 1. The number of anilines is 1. The Kier molecular flexibility index (Phi) is 6.46. The van der Waals surface area contributed by atoms with E-state index in [1.165, 1.54) is 11.4 Å². The Morgan fingerprint density at radius 3 is 2.45 bits per heavy atom. The summed E-state index contributed by atoms with van der Waals surface area (Å²) in [5.41, 5.74) is 0.605. The monoisotopic (exact) mass is 425 g/mol. The first-order chi connectivity index (χ1) is 13.8. The van der Waals surface area contributed by atoms with Gasteiger partial charge >= 0.3 is 0 Å². The van der Waals surface area contributed by atoms with Crippen LogP contribution in [0.2, 0.25) is 0 Å². The van der Waals surface area contributed by atoms with Gasteiger partial charge in [-0.1, -0.05) is 6.07 Å². The van der Waals surface area contributed by atoms with E-state index < -0.39 is 21.7 Å². The Balaban J connectivity index is 1.55. The lowest BCUT2D eigenvalue weighted by atomic mass is 10.3. The number of hydrogen-bond acceptors (Lipinski definition) is 5. The number of carbonyl (C=O) groups excluding carboxylic acids is 1. The fraction of sp³-hybridized carbons (Fsp3) is 0.316. The zero-order valence-corrected chi connectivity index (χ0v) is 16.6. The first-order valence-corrected chi connectivity index (χ1v) is 10.3. The Labute approximate surface area is 167 Å². The summed E-state index contributed by atoms with van der Waals surface area (Å²) >= 11 is 0. The van der Waals surface area contributed by atoms with Crippen molar-refractivity contribution in [3.63, 3.8) is 0 Å². The highest BCUT2D eigenvalue weighted by molar-refractivity contribution is 7.89. The molecule has 1 aliphatic rings. The van der Waals surface area contributed by atoms with Gasteiger partial charge in [0, 0.05) is 37.9 Å². The van der Waals surface area contributed by atoms with E-state index >= 15 is 0 Å². The van der Waals surface area contributed by atoms with E-state index in [0.29, 0.717) is 30.6 Å². The maximum Gasteiger partial charge on any atom is 0.243 e. The van der Waals surface area contributed by atoms with Crippen molar-refractivity contribution < 1.29 is 26.7 Å². The number of carbonyl (C=O) groups is 1. The molecule has 1 fully saturated rings. The maximum atomic E-state index is 13.4. The van der Waals surface area contributed by atoms with Crippen molar-refractivity contribution in [3.05, 3.63) is 54.1 Å². The SMILES string of the molecule is COc1cccc(NC(=O)CN2CCN(S(=O)(=O)c3ccc(F)c(F)c3)CC2)c1. The van der Waals surface area contributed by atoms with E-state index in [1.54, 1.807) is 24.3 Å². The van der Waals surface area contributed by atoms with Gasteiger partial charge in [-0.2, -0.15) is 4.31 Å². The number of methoxy groups -OCH3 is 1. The molecule has 0 spiro atoms. The fourth-order valence-corrected chi connectivity index (χ4v) is 4.45. The molecule has 1 amide bonds. The summed E-state index contributed by atoms with van der Waals surface area (Å²) in [5.74, 6) is -1.91. The third-order valence-corrected chi connectivity index (χ3v) is 6.48. The van der Waals surface area contributed by atoms with Crippen molar-refractivity contribution >= 4 is 21.6 Å². The minimum Gasteiger partial charge on any atom is -0.497 e. The van der Waals surface area contributed by atoms with Crippen LogP contribution in [0.4, 0.5) is 14.5 Å². The van der Waals surface area contributed by atoms with Gasteiger partial charge in [0.15, 0.2) is 11.6 Å². The third kappa shape index (κ3) is 5.08. The second kappa shape index (κ2) is 8.85. The predicted octanol–water partition coefficient (Wildman–Crippen LogP) is 1.92. The van der Waals surface area contributed by atoms with E-state index in [2.05, 4.69) is 5.32 Å². The summed E-state index contributed by atoms with van der Waals surface area (Å²) in [5, 5.41) is 2.77. The van der Waals surface area contributed by atoms with E-state index in [9.17, 15) is 22.0 Å². The van der Waals surface area contributed by atoms with Crippen LogP contribution in [0.1, 0.15) is 0 Å². The van der Waals surface area contributed by atoms with Crippen LogP contribution in [0.5, 0.6) is 5.75 Å². The number of nitrogens with one attached hydrogen (secondary N) is 1. The molecule has 3 rings (SSSR count). The molecule has 2 aromatic carbocycles. The molecule has 2 aromatic rings. The van der Waals surface area contributed by atoms with Crippen LogP contribution in [-0.4, -0.2) is 63.4 Å². The van der Waals surface area contributed by atoms with Crippen LogP contribution >= 0.6 is 0 Å².